The number of nitrogens with one attached hydrogen (secondary N) is 2. The highest BCUT2D eigenvalue weighted by Crippen LogP contribution is 2.27. The van der Waals surface area contributed by atoms with E-state index in [0.717, 1.165) is 36.3 Å². The van der Waals surface area contributed by atoms with E-state index in [1.807, 2.05) is 31.3 Å². The van der Waals surface area contributed by atoms with Gasteiger partial charge in [-0.15, -0.1) is 0 Å². The van der Waals surface area contributed by atoms with Crippen molar-refractivity contribution in [1.29, 1.82) is 0 Å². The largest absolute Gasteiger partial charge is 0.489 e. The Morgan fingerprint density at radius 2 is 2.19 bits per heavy atom. The SMILES string of the molecule is CC1=CN2C=C(c3cc4ccc(O[C@@H]5CCNC5)cc4oc3=O)NC2C=C1. The van der Waals surface area contributed by atoms with Crippen LogP contribution in [-0.4, -0.2) is 30.3 Å². The highest BCUT2D eigenvalue weighted by molar-refractivity contribution is 5.82. The zero-order valence-corrected chi connectivity index (χ0v) is 15.1. The van der Waals surface area contributed by atoms with E-state index in [-0.39, 0.29) is 17.9 Å². The number of hydrogen-bond acceptors (Lipinski definition) is 6. The molecule has 27 heavy (non-hydrogen) atoms. The van der Waals surface area contributed by atoms with Crippen LogP contribution in [-0.2, 0) is 0 Å². The van der Waals surface area contributed by atoms with Crippen LogP contribution in [0, 0.1) is 0 Å². The van der Waals surface area contributed by atoms with Crippen LogP contribution in [0.1, 0.15) is 18.9 Å². The topological polar surface area (TPSA) is 66.7 Å². The maximum Gasteiger partial charge on any atom is 0.345 e. The Labute approximate surface area is 156 Å². The highest BCUT2D eigenvalue weighted by Gasteiger charge is 2.25. The first kappa shape index (κ1) is 16.2. The molecule has 6 nitrogen and oxygen atoms in total. The van der Waals surface area contributed by atoms with Gasteiger partial charge < -0.3 is 24.7 Å². The molecule has 1 aromatic carbocycles. The van der Waals surface area contributed by atoms with Gasteiger partial charge in [-0.2, -0.15) is 0 Å². The standard InChI is InChI=1S/C21H21N3O3/c1-13-2-5-20-23-18(12-24(20)11-13)17-8-14-3-4-15(9-19(14)27-21(17)25)26-16-6-7-22-10-16/h2-5,8-9,11-12,16,20,22-23H,6-7,10H2,1H3/t16-,20?/m1/s1. The summed E-state index contributed by atoms with van der Waals surface area (Å²) in [4.78, 5) is 14.7. The molecule has 3 aliphatic heterocycles. The first-order chi connectivity index (χ1) is 13.2. The summed E-state index contributed by atoms with van der Waals surface area (Å²) in [7, 11) is 0. The third-order valence-electron chi connectivity index (χ3n) is 5.11. The Morgan fingerprint density at radius 3 is 3.04 bits per heavy atom. The molecule has 0 aliphatic carbocycles. The monoisotopic (exact) mass is 363 g/mol. The van der Waals surface area contributed by atoms with E-state index in [1.54, 1.807) is 6.07 Å². The fraction of sp³-hybridized carbons (Fsp3) is 0.286. The Balaban J connectivity index is 1.46. The quantitative estimate of drug-likeness (QED) is 0.817. The molecule has 2 atom stereocenters. The van der Waals surface area contributed by atoms with E-state index in [0.29, 0.717) is 11.1 Å². The molecule has 2 aromatic rings. The van der Waals surface area contributed by atoms with Crippen LogP contribution in [0.3, 0.4) is 0 Å². The lowest BCUT2D eigenvalue weighted by molar-refractivity contribution is 0.223. The van der Waals surface area contributed by atoms with Gasteiger partial charge in [-0.3, -0.25) is 0 Å². The minimum Gasteiger partial charge on any atom is -0.489 e. The van der Waals surface area contributed by atoms with Crippen molar-refractivity contribution in [2.45, 2.75) is 25.6 Å². The fourth-order valence-corrected chi connectivity index (χ4v) is 3.71. The lowest BCUT2D eigenvalue weighted by Crippen LogP contribution is -2.32. The van der Waals surface area contributed by atoms with Crippen LogP contribution >= 0.6 is 0 Å². The van der Waals surface area contributed by atoms with Crippen LogP contribution < -0.4 is 21.0 Å². The molecule has 1 unspecified atom stereocenters. The van der Waals surface area contributed by atoms with Crippen molar-refractivity contribution in [2.24, 2.45) is 0 Å². The molecule has 138 valence electrons. The van der Waals surface area contributed by atoms with Crippen molar-refractivity contribution in [3.63, 3.8) is 0 Å². The molecule has 0 radical (unpaired) electrons. The van der Waals surface area contributed by atoms with E-state index in [2.05, 4.69) is 33.9 Å². The second-order valence-electron chi connectivity index (χ2n) is 7.19. The fourth-order valence-electron chi connectivity index (χ4n) is 3.71. The van der Waals surface area contributed by atoms with Gasteiger partial charge in [0.2, 0.25) is 0 Å². The molecule has 0 bridgehead atoms. The van der Waals surface area contributed by atoms with Crippen LogP contribution in [0.4, 0.5) is 0 Å². The molecule has 0 amide bonds. The smallest absolute Gasteiger partial charge is 0.345 e. The van der Waals surface area contributed by atoms with Crippen LogP contribution in [0.2, 0.25) is 0 Å². The second kappa shape index (κ2) is 6.32. The number of hydrogen-bond donors (Lipinski definition) is 2. The Kier molecular flexibility index (Phi) is 3.79. The number of fused-ring (bicyclic) bond motifs is 2. The van der Waals surface area contributed by atoms with Gasteiger partial charge in [0.05, 0.1) is 11.3 Å². The molecule has 5 rings (SSSR count). The summed E-state index contributed by atoms with van der Waals surface area (Å²) in [6.45, 7) is 3.87. The number of nitrogens with zero attached hydrogens (tertiary/aromatic N) is 1. The minimum atomic E-state index is -0.356. The average Bonchev–Trinajstić information content (AvgIpc) is 3.30. The van der Waals surface area contributed by atoms with E-state index in [9.17, 15) is 4.79 Å². The summed E-state index contributed by atoms with van der Waals surface area (Å²) in [5.41, 5.74) is 2.65. The molecular weight excluding hydrogens is 342 g/mol. The van der Waals surface area contributed by atoms with E-state index < -0.39 is 0 Å². The van der Waals surface area contributed by atoms with E-state index >= 15 is 0 Å². The molecule has 4 heterocycles. The van der Waals surface area contributed by atoms with Gasteiger partial charge >= 0.3 is 5.63 Å². The highest BCUT2D eigenvalue weighted by atomic mass is 16.5. The molecule has 3 aliphatic rings. The van der Waals surface area contributed by atoms with Crippen LogP contribution in [0.15, 0.2) is 63.6 Å². The van der Waals surface area contributed by atoms with Crippen LogP contribution in [0.25, 0.3) is 16.7 Å². The van der Waals surface area contributed by atoms with Gasteiger partial charge in [-0.1, -0.05) is 6.08 Å². The van der Waals surface area contributed by atoms with Crippen molar-refractivity contribution < 1.29 is 9.15 Å². The number of allylic oxidation sites excluding steroid dienone is 2. The van der Waals surface area contributed by atoms with Gasteiger partial charge in [0.25, 0.3) is 0 Å². The molecule has 1 fully saturated rings. The number of ether oxygens (including phenoxy) is 1. The minimum absolute atomic E-state index is 0.0367. The van der Waals surface area contributed by atoms with Gasteiger partial charge in [-0.05, 0) is 49.7 Å². The predicted octanol–water partition coefficient (Wildman–Crippen LogP) is 2.54. The normalized spacial score (nSPS) is 23.8. The van der Waals surface area contributed by atoms with Gasteiger partial charge in [-0.25, -0.2) is 4.79 Å². The van der Waals surface area contributed by atoms with Crippen molar-refractivity contribution in [2.75, 3.05) is 13.1 Å². The van der Waals surface area contributed by atoms with Gasteiger partial charge in [0, 0.05) is 30.4 Å². The molecule has 0 spiro atoms. The summed E-state index contributed by atoms with van der Waals surface area (Å²) >= 11 is 0. The Morgan fingerprint density at radius 1 is 1.26 bits per heavy atom. The third kappa shape index (κ3) is 3.02. The van der Waals surface area contributed by atoms with Crippen molar-refractivity contribution in [3.05, 3.63) is 70.4 Å². The first-order valence-electron chi connectivity index (χ1n) is 9.24. The second-order valence-corrected chi connectivity index (χ2v) is 7.19. The van der Waals surface area contributed by atoms with Crippen molar-refractivity contribution >= 4 is 16.7 Å². The predicted molar refractivity (Wildman–Crippen MR) is 104 cm³/mol. The molecule has 0 saturated carbocycles. The summed E-state index contributed by atoms with van der Waals surface area (Å²) in [5.74, 6) is 0.730. The molecule has 1 saturated heterocycles. The zero-order valence-electron chi connectivity index (χ0n) is 15.1. The van der Waals surface area contributed by atoms with Crippen molar-refractivity contribution in [3.8, 4) is 5.75 Å². The van der Waals surface area contributed by atoms with Crippen molar-refractivity contribution in [1.82, 2.24) is 15.5 Å². The third-order valence-corrected chi connectivity index (χ3v) is 5.11. The summed E-state index contributed by atoms with van der Waals surface area (Å²) in [5, 5.41) is 7.51. The van der Waals surface area contributed by atoms with E-state index in [1.165, 1.54) is 5.57 Å². The first-order valence-corrected chi connectivity index (χ1v) is 9.24. The van der Waals surface area contributed by atoms with Gasteiger partial charge in [0.1, 0.15) is 23.6 Å². The van der Waals surface area contributed by atoms with Gasteiger partial charge in [0.15, 0.2) is 0 Å². The number of benzene rings is 1. The average molecular weight is 363 g/mol. The van der Waals surface area contributed by atoms with E-state index in [4.69, 9.17) is 9.15 Å². The lowest BCUT2D eigenvalue weighted by Gasteiger charge is -2.22. The molecular formula is C21H21N3O3. The summed E-state index contributed by atoms with van der Waals surface area (Å²) in [6.07, 6.45) is 9.33. The Bertz CT molecular complexity index is 1040. The van der Waals surface area contributed by atoms with Crippen LogP contribution in [0.5, 0.6) is 5.75 Å². The maximum absolute atomic E-state index is 12.6. The number of rotatable bonds is 3. The lowest BCUT2D eigenvalue weighted by atomic mass is 10.1. The summed E-state index contributed by atoms with van der Waals surface area (Å²) < 4.78 is 11.6. The molecule has 2 N–H and O–H groups in total. The Hall–Kier alpha value is -2.99. The molecule has 6 heteroatoms. The summed E-state index contributed by atoms with van der Waals surface area (Å²) in [6, 6.07) is 7.54. The zero-order chi connectivity index (χ0) is 18.4. The molecule has 1 aromatic heterocycles. The maximum atomic E-state index is 12.6.